The largest absolute Gasteiger partial charge is 0.343 e. The molecule has 0 spiro atoms. The molecule has 2 aromatic heterocycles. The van der Waals surface area contributed by atoms with Crippen LogP contribution in [0, 0.1) is 17.2 Å². The molecule has 2 fully saturated rings. The summed E-state index contributed by atoms with van der Waals surface area (Å²) in [5.41, 5.74) is 0.962. The van der Waals surface area contributed by atoms with Crippen LogP contribution in [-0.2, 0) is 27.2 Å². The van der Waals surface area contributed by atoms with Crippen molar-refractivity contribution in [3.63, 3.8) is 0 Å². The summed E-state index contributed by atoms with van der Waals surface area (Å²) in [4.78, 5) is 21.7. The number of aromatic nitrogens is 3. The van der Waals surface area contributed by atoms with E-state index < -0.39 is 5.82 Å². The standard InChI is InChI=1S/C26H36FN5O3/c1-25(2,3)35-24-23(34-24)30-16-8-6-7-15(9-16)22(33)31-20-10-17(18(27)12-28-20)19-13-29-21-11-26(4,5)14-32(19)21/h10,12-13,15-16,23-24,30H,6-9,11,14H2,1-5H3,(H,28,31,33)/t15-,16+,23?,24?/m0/s1. The highest BCUT2D eigenvalue weighted by Gasteiger charge is 2.44. The number of epoxide rings is 1. The van der Waals surface area contributed by atoms with Gasteiger partial charge in [-0.2, -0.15) is 0 Å². The van der Waals surface area contributed by atoms with E-state index >= 15 is 0 Å². The Morgan fingerprint density at radius 3 is 2.83 bits per heavy atom. The summed E-state index contributed by atoms with van der Waals surface area (Å²) < 4.78 is 28.3. The molecule has 2 aromatic rings. The molecule has 190 valence electrons. The number of anilines is 1. The van der Waals surface area contributed by atoms with Gasteiger partial charge < -0.3 is 19.4 Å². The summed E-state index contributed by atoms with van der Waals surface area (Å²) >= 11 is 0. The third-order valence-electron chi connectivity index (χ3n) is 6.91. The summed E-state index contributed by atoms with van der Waals surface area (Å²) in [6.45, 7) is 11.1. The maximum absolute atomic E-state index is 14.8. The van der Waals surface area contributed by atoms with Crippen LogP contribution in [0.25, 0.3) is 11.3 Å². The summed E-state index contributed by atoms with van der Waals surface area (Å²) in [5.74, 6) is 0.673. The Bertz CT molecular complexity index is 1110. The van der Waals surface area contributed by atoms with Crippen molar-refractivity contribution < 1.29 is 18.7 Å². The molecule has 1 saturated carbocycles. The first-order valence-electron chi connectivity index (χ1n) is 12.6. The van der Waals surface area contributed by atoms with E-state index in [9.17, 15) is 9.18 Å². The maximum Gasteiger partial charge on any atom is 0.228 e. The number of pyridine rings is 1. The van der Waals surface area contributed by atoms with Crippen LogP contribution in [0.5, 0.6) is 0 Å². The quantitative estimate of drug-likeness (QED) is 0.594. The molecule has 1 amide bonds. The number of rotatable bonds is 6. The monoisotopic (exact) mass is 485 g/mol. The first-order chi connectivity index (χ1) is 16.5. The van der Waals surface area contributed by atoms with Gasteiger partial charge in [0.25, 0.3) is 0 Å². The van der Waals surface area contributed by atoms with Crippen LogP contribution in [-0.4, -0.2) is 44.6 Å². The molecule has 8 nitrogen and oxygen atoms in total. The SMILES string of the molecule is CC1(C)Cc2ncc(-c3cc(NC(=O)[C@H]4CCC[C@@H](NC5OC5OC(C)(C)C)C4)ncc3F)n2C1. The van der Waals surface area contributed by atoms with Crippen molar-refractivity contribution in [3.8, 4) is 11.3 Å². The van der Waals surface area contributed by atoms with E-state index in [0.29, 0.717) is 17.8 Å². The molecule has 2 aliphatic heterocycles. The predicted octanol–water partition coefficient (Wildman–Crippen LogP) is 4.25. The third kappa shape index (κ3) is 5.57. The van der Waals surface area contributed by atoms with Gasteiger partial charge in [0.2, 0.25) is 5.91 Å². The van der Waals surface area contributed by atoms with Gasteiger partial charge in [-0.05, 0) is 51.5 Å². The number of imidazole rings is 1. The normalized spacial score (nSPS) is 27.5. The highest BCUT2D eigenvalue weighted by atomic mass is 19.1. The van der Waals surface area contributed by atoms with Gasteiger partial charge in [0.05, 0.1) is 23.7 Å². The van der Waals surface area contributed by atoms with E-state index in [4.69, 9.17) is 9.47 Å². The molecular weight excluding hydrogens is 449 g/mol. The van der Waals surface area contributed by atoms with Crippen LogP contribution in [0.4, 0.5) is 10.2 Å². The number of hydrogen-bond donors (Lipinski definition) is 2. The molecule has 35 heavy (non-hydrogen) atoms. The number of hydrogen-bond acceptors (Lipinski definition) is 6. The fourth-order valence-corrected chi connectivity index (χ4v) is 5.26. The van der Waals surface area contributed by atoms with Gasteiger partial charge in [-0.3, -0.25) is 10.1 Å². The van der Waals surface area contributed by atoms with Gasteiger partial charge in [0.15, 0.2) is 18.3 Å². The van der Waals surface area contributed by atoms with E-state index in [-0.39, 0.29) is 41.4 Å². The molecule has 2 unspecified atom stereocenters. The highest BCUT2D eigenvalue weighted by Crippen LogP contribution is 2.36. The summed E-state index contributed by atoms with van der Waals surface area (Å²) in [7, 11) is 0. The summed E-state index contributed by atoms with van der Waals surface area (Å²) in [5, 5.41) is 6.40. The molecule has 4 heterocycles. The molecule has 1 aliphatic carbocycles. The number of carbonyl (C=O) groups is 1. The smallest absolute Gasteiger partial charge is 0.228 e. The lowest BCUT2D eigenvalue weighted by atomic mass is 9.85. The van der Waals surface area contributed by atoms with Gasteiger partial charge >= 0.3 is 0 Å². The number of fused-ring (bicyclic) bond motifs is 1. The second-order valence-corrected chi connectivity index (χ2v) is 11.9. The average Bonchev–Trinajstić information content (AvgIpc) is 3.22. The molecule has 4 atom stereocenters. The molecule has 0 bridgehead atoms. The van der Waals surface area contributed by atoms with Crippen molar-refractivity contribution >= 4 is 11.7 Å². The molecule has 3 aliphatic rings. The first kappa shape index (κ1) is 24.3. The molecule has 0 aromatic carbocycles. The van der Waals surface area contributed by atoms with Crippen LogP contribution in [0.15, 0.2) is 18.5 Å². The average molecular weight is 486 g/mol. The third-order valence-corrected chi connectivity index (χ3v) is 6.91. The fourth-order valence-electron chi connectivity index (χ4n) is 5.26. The number of ether oxygens (including phenoxy) is 2. The van der Waals surface area contributed by atoms with Crippen LogP contribution < -0.4 is 10.6 Å². The molecule has 0 radical (unpaired) electrons. The Labute approximate surface area is 206 Å². The molecule has 2 N–H and O–H groups in total. The van der Waals surface area contributed by atoms with Gasteiger partial charge in [0, 0.05) is 30.5 Å². The maximum atomic E-state index is 14.8. The second-order valence-electron chi connectivity index (χ2n) is 11.9. The van der Waals surface area contributed by atoms with E-state index in [1.165, 1.54) is 6.20 Å². The number of carbonyl (C=O) groups excluding carboxylic acids is 1. The van der Waals surface area contributed by atoms with Crippen molar-refractivity contribution in [2.45, 2.75) is 97.4 Å². The minimum atomic E-state index is -0.422. The number of nitrogens with one attached hydrogen (secondary N) is 2. The first-order valence-corrected chi connectivity index (χ1v) is 12.6. The summed E-state index contributed by atoms with van der Waals surface area (Å²) in [6, 6.07) is 1.81. The van der Waals surface area contributed by atoms with Gasteiger partial charge in [0.1, 0.15) is 11.6 Å². The summed E-state index contributed by atoms with van der Waals surface area (Å²) in [6.07, 6.45) is 6.87. The van der Waals surface area contributed by atoms with Gasteiger partial charge in [-0.1, -0.05) is 20.3 Å². The number of amides is 1. The minimum absolute atomic E-state index is 0.0830. The van der Waals surface area contributed by atoms with Crippen LogP contribution >= 0.6 is 0 Å². The zero-order valence-corrected chi connectivity index (χ0v) is 21.2. The van der Waals surface area contributed by atoms with E-state index in [2.05, 4.69) is 39.0 Å². The highest BCUT2D eigenvalue weighted by molar-refractivity contribution is 5.92. The van der Waals surface area contributed by atoms with Crippen molar-refractivity contribution in [2.24, 2.45) is 11.3 Å². The molecule has 1 saturated heterocycles. The van der Waals surface area contributed by atoms with Gasteiger partial charge in [-0.25, -0.2) is 14.4 Å². The van der Waals surface area contributed by atoms with Crippen molar-refractivity contribution in [1.82, 2.24) is 19.9 Å². The fraction of sp³-hybridized carbons (Fsp3) is 0.654. The lowest BCUT2D eigenvalue weighted by Gasteiger charge is -2.28. The Hall–Kier alpha value is -2.36. The van der Waals surface area contributed by atoms with Crippen LogP contribution in [0.1, 0.15) is 66.1 Å². The minimum Gasteiger partial charge on any atom is -0.343 e. The zero-order chi connectivity index (χ0) is 25.0. The topological polar surface area (TPSA) is 93.6 Å². The van der Waals surface area contributed by atoms with Crippen molar-refractivity contribution in [2.75, 3.05) is 5.32 Å². The van der Waals surface area contributed by atoms with Crippen LogP contribution in [0.2, 0.25) is 0 Å². The van der Waals surface area contributed by atoms with Crippen LogP contribution in [0.3, 0.4) is 0 Å². The van der Waals surface area contributed by atoms with E-state index in [1.54, 1.807) is 12.3 Å². The number of nitrogens with zero attached hydrogens (tertiary/aromatic N) is 3. The lowest BCUT2D eigenvalue weighted by Crippen LogP contribution is -2.40. The van der Waals surface area contributed by atoms with Crippen molar-refractivity contribution in [3.05, 3.63) is 30.1 Å². The predicted molar refractivity (Wildman–Crippen MR) is 130 cm³/mol. The van der Waals surface area contributed by atoms with E-state index in [1.807, 2.05) is 20.8 Å². The molecule has 9 heteroatoms. The lowest BCUT2D eigenvalue weighted by molar-refractivity contribution is -0.121. The van der Waals surface area contributed by atoms with Gasteiger partial charge in [-0.15, -0.1) is 0 Å². The van der Waals surface area contributed by atoms with E-state index in [0.717, 1.165) is 43.7 Å². The Kier molecular flexibility index (Phi) is 6.22. The van der Waals surface area contributed by atoms with Crippen molar-refractivity contribution in [1.29, 1.82) is 0 Å². The Morgan fingerprint density at radius 1 is 1.26 bits per heavy atom. The Morgan fingerprint density at radius 2 is 2.06 bits per heavy atom. The molecular formula is C26H36FN5O3. The zero-order valence-electron chi connectivity index (χ0n) is 21.2. The molecule has 5 rings (SSSR count). The second kappa shape index (κ2) is 8.94. The Balaban J connectivity index is 1.22. The number of halogens is 1.